The molecule has 172 valence electrons. The Kier molecular flexibility index (Phi) is 5.87. The van der Waals surface area contributed by atoms with Gasteiger partial charge in [-0.05, 0) is 98.2 Å². The molecule has 1 saturated heterocycles. The fourth-order valence-electron chi connectivity index (χ4n) is 4.77. The molecule has 0 radical (unpaired) electrons. The third-order valence-corrected chi connectivity index (χ3v) is 6.85. The zero-order chi connectivity index (χ0) is 23.8. The van der Waals surface area contributed by atoms with E-state index in [1.54, 1.807) is 19.2 Å². The summed E-state index contributed by atoms with van der Waals surface area (Å²) in [6.45, 7) is 6.81. The van der Waals surface area contributed by atoms with E-state index in [1.165, 1.54) is 11.6 Å². The number of pyridine rings is 2. The van der Waals surface area contributed by atoms with Crippen molar-refractivity contribution in [2.45, 2.75) is 39.4 Å². The Morgan fingerprint density at radius 1 is 1.00 bits per heavy atom. The lowest BCUT2D eigenvalue weighted by Gasteiger charge is -2.28. The summed E-state index contributed by atoms with van der Waals surface area (Å²) in [5.41, 5.74) is 7.04. The summed E-state index contributed by atoms with van der Waals surface area (Å²) in [6.07, 6.45) is 5.44. The van der Waals surface area contributed by atoms with Gasteiger partial charge < -0.3 is 14.8 Å². The van der Waals surface area contributed by atoms with E-state index in [0.717, 1.165) is 34.9 Å². The van der Waals surface area contributed by atoms with E-state index in [4.69, 9.17) is 12.2 Å². The molecular formula is C27H26FN5S. The summed E-state index contributed by atoms with van der Waals surface area (Å²) in [6, 6.07) is 17.1. The quantitative estimate of drug-likeness (QED) is 0.386. The largest absolute Gasteiger partial charge is 0.351 e. The second kappa shape index (κ2) is 8.99. The Labute approximate surface area is 204 Å². The van der Waals surface area contributed by atoms with Gasteiger partial charge in [0.1, 0.15) is 5.82 Å². The van der Waals surface area contributed by atoms with Gasteiger partial charge in [-0.15, -0.1) is 0 Å². The molecule has 3 aromatic heterocycles. The first-order valence-corrected chi connectivity index (χ1v) is 11.7. The SMILES string of the molecule is Cc1cc(N2C(=S)N[C@@H](c3ccccn3)[C@H]2c2cc(C)n(Cc3ccncc3)c2C)ccc1F. The maximum atomic E-state index is 14.1. The third-order valence-electron chi connectivity index (χ3n) is 6.54. The molecular weight excluding hydrogens is 445 g/mol. The van der Waals surface area contributed by atoms with E-state index in [-0.39, 0.29) is 17.9 Å². The van der Waals surface area contributed by atoms with Gasteiger partial charge in [-0.3, -0.25) is 9.97 Å². The minimum atomic E-state index is -0.227. The standard InChI is InChI=1S/C27H26FN5S/c1-17-14-21(7-8-23(17)28)33-26(25(31-27(33)34)24-6-4-5-11-30-24)22-15-18(2)32(19(22)3)16-20-9-12-29-13-10-20/h4-15,25-26H,16H2,1-3H3,(H,31,34)/t25-,26+/m0/s1. The average molecular weight is 472 g/mol. The summed E-state index contributed by atoms with van der Waals surface area (Å²) < 4.78 is 16.4. The number of halogens is 1. The molecule has 1 aliphatic heterocycles. The van der Waals surface area contributed by atoms with Gasteiger partial charge in [0.05, 0.1) is 17.8 Å². The van der Waals surface area contributed by atoms with E-state index in [0.29, 0.717) is 10.7 Å². The van der Waals surface area contributed by atoms with Crippen molar-refractivity contribution in [1.82, 2.24) is 19.9 Å². The molecule has 34 heavy (non-hydrogen) atoms. The van der Waals surface area contributed by atoms with E-state index >= 15 is 0 Å². The number of nitrogens with one attached hydrogen (secondary N) is 1. The van der Waals surface area contributed by atoms with Crippen LogP contribution in [0.3, 0.4) is 0 Å². The molecule has 1 aliphatic rings. The fraction of sp³-hybridized carbons (Fsp3) is 0.222. The van der Waals surface area contributed by atoms with Crippen LogP contribution < -0.4 is 10.2 Å². The van der Waals surface area contributed by atoms with Crippen molar-refractivity contribution in [1.29, 1.82) is 0 Å². The number of aryl methyl sites for hydroxylation is 2. The smallest absolute Gasteiger partial charge is 0.174 e. The topological polar surface area (TPSA) is 46.0 Å². The average Bonchev–Trinajstić information content (AvgIpc) is 3.33. The number of hydrogen-bond acceptors (Lipinski definition) is 3. The second-order valence-electron chi connectivity index (χ2n) is 8.70. The Hall–Kier alpha value is -3.58. The minimum absolute atomic E-state index is 0.135. The summed E-state index contributed by atoms with van der Waals surface area (Å²) in [5, 5.41) is 4.09. The first-order valence-electron chi connectivity index (χ1n) is 11.3. The normalized spacial score (nSPS) is 17.8. The number of anilines is 1. The highest BCUT2D eigenvalue weighted by molar-refractivity contribution is 7.80. The predicted molar refractivity (Wildman–Crippen MR) is 136 cm³/mol. The third kappa shape index (κ3) is 3.96. The first-order chi connectivity index (χ1) is 16.4. The molecule has 0 saturated carbocycles. The number of thiocarbonyl (C=S) groups is 1. The molecule has 1 aromatic carbocycles. The number of hydrogen-bond donors (Lipinski definition) is 1. The molecule has 2 atom stereocenters. The lowest BCUT2D eigenvalue weighted by Crippen LogP contribution is -2.29. The van der Waals surface area contributed by atoms with E-state index < -0.39 is 0 Å². The van der Waals surface area contributed by atoms with Gasteiger partial charge in [-0.25, -0.2) is 4.39 Å². The molecule has 1 N–H and O–H groups in total. The van der Waals surface area contributed by atoms with Crippen molar-refractivity contribution in [3.8, 4) is 0 Å². The Bertz CT molecular complexity index is 1340. The molecule has 1 fully saturated rings. The van der Waals surface area contributed by atoms with Crippen LogP contribution in [0.15, 0.2) is 73.2 Å². The van der Waals surface area contributed by atoms with Crippen LogP contribution in [0.1, 0.15) is 45.9 Å². The van der Waals surface area contributed by atoms with Crippen LogP contribution >= 0.6 is 12.2 Å². The van der Waals surface area contributed by atoms with Crippen molar-refractivity contribution < 1.29 is 4.39 Å². The molecule has 0 unspecified atom stereocenters. The Balaban J connectivity index is 1.63. The number of benzene rings is 1. The maximum Gasteiger partial charge on any atom is 0.174 e. The number of nitrogens with zero attached hydrogens (tertiary/aromatic N) is 4. The maximum absolute atomic E-state index is 14.1. The van der Waals surface area contributed by atoms with Gasteiger partial charge in [0.25, 0.3) is 0 Å². The molecule has 5 nitrogen and oxygen atoms in total. The van der Waals surface area contributed by atoms with Crippen LogP contribution in [-0.2, 0) is 6.54 Å². The van der Waals surface area contributed by atoms with E-state index in [1.807, 2.05) is 48.8 Å². The highest BCUT2D eigenvalue weighted by Crippen LogP contribution is 2.43. The van der Waals surface area contributed by atoms with Gasteiger partial charge in [0, 0.05) is 42.2 Å². The van der Waals surface area contributed by atoms with Crippen LogP contribution in [0, 0.1) is 26.6 Å². The molecule has 5 rings (SSSR count). The molecule has 4 aromatic rings. The van der Waals surface area contributed by atoms with Gasteiger partial charge in [-0.1, -0.05) is 6.07 Å². The summed E-state index contributed by atoms with van der Waals surface area (Å²) >= 11 is 5.82. The molecule has 0 amide bonds. The first kappa shape index (κ1) is 22.2. The fourth-order valence-corrected chi connectivity index (χ4v) is 5.11. The monoisotopic (exact) mass is 471 g/mol. The molecule has 7 heteroatoms. The highest BCUT2D eigenvalue weighted by Gasteiger charge is 2.42. The highest BCUT2D eigenvalue weighted by atomic mass is 32.1. The van der Waals surface area contributed by atoms with Crippen molar-refractivity contribution in [3.63, 3.8) is 0 Å². The molecule has 0 spiro atoms. The van der Waals surface area contributed by atoms with Gasteiger partial charge >= 0.3 is 0 Å². The van der Waals surface area contributed by atoms with Crippen LogP contribution in [-0.4, -0.2) is 19.6 Å². The number of aromatic nitrogens is 3. The Morgan fingerprint density at radius 2 is 1.79 bits per heavy atom. The van der Waals surface area contributed by atoms with Crippen molar-refractivity contribution in [3.05, 3.63) is 113 Å². The van der Waals surface area contributed by atoms with Crippen molar-refractivity contribution >= 4 is 23.0 Å². The van der Waals surface area contributed by atoms with Crippen molar-refractivity contribution in [2.24, 2.45) is 0 Å². The van der Waals surface area contributed by atoms with Crippen LogP contribution in [0.2, 0.25) is 0 Å². The zero-order valence-electron chi connectivity index (χ0n) is 19.4. The van der Waals surface area contributed by atoms with Gasteiger partial charge in [0.2, 0.25) is 0 Å². The molecule has 0 bridgehead atoms. The van der Waals surface area contributed by atoms with E-state index in [2.05, 4.69) is 44.7 Å². The Morgan fingerprint density at radius 3 is 2.50 bits per heavy atom. The second-order valence-corrected chi connectivity index (χ2v) is 9.08. The lowest BCUT2D eigenvalue weighted by molar-refractivity contribution is 0.563. The van der Waals surface area contributed by atoms with E-state index in [9.17, 15) is 4.39 Å². The van der Waals surface area contributed by atoms with Gasteiger partial charge in [-0.2, -0.15) is 0 Å². The lowest BCUT2D eigenvalue weighted by atomic mass is 9.96. The zero-order valence-corrected chi connectivity index (χ0v) is 20.2. The summed E-state index contributed by atoms with van der Waals surface area (Å²) in [7, 11) is 0. The molecule has 4 heterocycles. The van der Waals surface area contributed by atoms with Crippen LogP contribution in [0.25, 0.3) is 0 Å². The van der Waals surface area contributed by atoms with Crippen molar-refractivity contribution in [2.75, 3.05) is 4.90 Å². The summed E-state index contributed by atoms with van der Waals surface area (Å²) in [4.78, 5) is 10.9. The van der Waals surface area contributed by atoms with Crippen LogP contribution in [0.4, 0.5) is 10.1 Å². The van der Waals surface area contributed by atoms with Crippen LogP contribution in [0.5, 0.6) is 0 Å². The summed E-state index contributed by atoms with van der Waals surface area (Å²) in [5.74, 6) is -0.227. The van der Waals surface area contributed by atoms with Gasteiger partial charge in [0.15, 0.2) is 5.11 Å². The molecule has 0 aliphatic carbocycles. The number of rotatable bonds is 5. The minimum Gasteiger partial charge on any atom is -0.351 e. The predicted octanol–water partition coefficient (Wildman–Crippen LogP) is 5.57.